The van der Waals surface area contributed by atoms with Gasteiger partial charge in [-0.25, -0.2) is 4.79 Å². The third-order valence-electron chi connectivity index (χ3n) is 3.54. The first kappa shape index (κ1) is 11.7. The maximum Gasteiger partial charge on any atom is 0.410 e. The summed E-state index contributed by atoms with van der Waals surface area (Å²) in [6.45, 7) is 7.43. The van der Waals surface area contributed by atoms with Crippen molar-refractivity contribution in [3.63, 3.8) is 0 Å². The summed E-state index contributed by atoms with van der Waals surface area (Å²) >= 11 is 0. The van der Waals surface area contributed by atoms with Gasteiger partial charge in [0.25, 0.3) is 0 Å². The van der Waals surface area contributed by atoms with Crippen molar-refractivity contribution in [1.82, 2.24) is 4.90 Å². The number of nitrogens with zero attached hydrogens (tertiary/aromatic N) is 1. The quantitative estimate of drug-likeness (QED) is 0.738. The van der Waals surface area contributed by atoms with Gasteiger partial charge in [0.1, 0.15) is 5.60 Å². The zero-order valence-corrected chi connectivity index (χ0v) is 10.3. The van der Waals surface area contributed by atoms with E-state index in [9.17, 15) is 4.79 Å². The predicted octanol–water partition coefficient (Wildman–Crippen LogP) is 1.48. The van der Waals surface area contributed by atoms with E-state index < -0.39 is 5.60 Å². The first-order chi connectivity index (χ1) is 7.42. The van der Waals surface area contributed by atoms with Crippen LogP contribution in [0.5, 0.6) is 0 Å². The summed E-state index contributed by atoms with van der Waals surface area (Å²) < 4.78 is 5.34. The normalized spacial score (nSPS) is 33.2. The molecule has 0 bridgehead atoms. The van der Waals surface area contributed by atoms with Gasteiger partial charge in [0.05, 0.1) is 0 Å². The Labute approximate surface area is 96.6 Å². The number of rotatable bonds is 1. The lowest BCUT2D eigenvalue weighted by Gasteiger charge is -2.29. The Morgan fingerprint density at radius 1 is 1.44 bits per heavy atom. The molecular weight excluding hydrogens is 206 g/mol. The number of hydrogen-bond acceptors (Lipinski definition) is 3. The van der Waals surface area contributed by atoms with Crippen LogP contribution in [0, 0.1) is 17.8 Å². The molecule has 0 aromatic carbocycles. The number of likely N-dealkylation sites (tertiary alicyclic amines) is 1. The zero-order chi connectivity index (χ0) is 11.9. The van der Waals surface area contributed by atoms with Gasteiger partial charge < -0.3 is 14.7 Å². The first-order valence-electron chi connectivity index (χ1n) is 6.01. The molecule has 4 heteroatoms. The van der Waals surface area contributed by atoms with Gasteiger partial charge in [0.2, 0.25) is 0 Å². The summed E-state index contributed by atoms with van der Waals surface area (Å²) in [5.74, 6) is 1.57. The maximum absolute atomic E-state index is 11.8. The summed E-state index contributed by atoms with van der Waals surface area (Å²) in [5.41, 5.74) is -0.423. The van der Waals surface area contributed by atoms with Crippen LogP contribution in [-0.2, 0) is 4.74 Å². The monoisotopic (exact) mass is 227 g/mol. The second kappa shape index (κ2) is 3.91. The number of amides is 1. The Morgan fingerprint density at radius 2 is 2.12 bits per heavy atom. The summed E-state index contributed by atoms with van der Waals surface area (Å²) in [4.78, 5) is 13.6. The average molecular weight is 227 g/mol. The number of hydrogen-bond donors (Lipinski definition) is 1. The van der Waals surface area contributed by atoms with E-state index in [1.807, 2.05) is 20.8 Å². The lowest BCUT2D eigenvalue weighted by Crippen LogP contribution is -2.40. The molecule has 4 nitrogen and oxygen atoms in total. The van der Waals surface area contributed by atoms with Crippen LogP contribution in [0.15, 0.2) is 0 Å². The number of aliphatic hydroxyl groups is 1. The molecule has 1 aliphatic heterocycles. The predicted molar refractivity (Wildman–Crippen MR) is 60.0 cm³/mol. The van der Waals surface area contributed by atoms with E-state index in [2.05, 4.69) is 0 Å². The van der Waals surface area contributed by atoms with Crippen LogP contribution >= 0.6 is 0 Å². The molecule has 0 radical (unpaired) electrons. The fraction of sp³-hybridized carbons (Fsp3) is 0.917. The minimum atomic E-state index is -0.423. The Hall–Kier alpha value is -0.770. The highest BCUT2D eigenvalue weighted by Crippen LogP contribution is 2.51. The maximum atomic E-state index is 11.8. The fourth-order valence-corrected chi connectivity index (χ4v) is 2.64. The summed E-state index contributed by atoms with van der Waals surface area (Å²) in [6.07, 6.45) is 0.796. The van der Waals surface area contributed by atoms with E-state index >= 15 is 0 Å². The van der Waals surface area contributed by atoms with Crippen LogP contribution in [0.2, 0.25) is 0 Å². The van der Waals surface area contributed by atoms with Crippen LogP contribution in [0.3, 0.4) is 0 Å². The lowest BCUT2D eigenvalue weighted by molar-refractivity contribution is 0.0206. The van der Waals surface area contributed by atoms with E-state index in [0.717, 1.165) is 19.5 Å². The van der Waals surface area contributed by atoms with Gasteiger partial charge in [-0.05, 0) is 44.9 Å². The zero-order valence-electron chi connectivity index (χ0n) is 10.3. The summed E-state index contributed by atoms with van der Waals surface area (Å²) in [7, 11) is 0. The van der Waals surface area contributed by atoms with E-state index in [-0.39, 0.29) is 12.7 Å². The molecule has 2 aliphatic rings. The largest absolute Gasteiger partial charge is 0.444 e. The number of piperidine rings is 1. The number of aliphatic hydroxyl groups excluding tert-OH is 1. The molecule has 0 aromatic rings. The van der Waals surface area contributed by atoms with Crippen molar-refractivity contribution in [2.45, 2.75) is 32.8 Å². The molecule has 0 spiro atoms. The van der Waals surface area contributed by atoms with Crippen molar-refractivity contribution in [3.05, 3.63) is 0 Å². The van der Waals surface area contributed by atoms with Crippen LogP contribution in [-0.4, -0.2) is 41.4 Å². The Bertz CT molecular complexity index is 280. The molecular formula is C12H21NO3. The second-order valence-corrected chi connectivity index (χ2v) is 5.89. The molecule has 2 fully saturated rings. The second-order valence-electron chi connectivity index (χ2n) is 5.89. The van der Waals surface area contributed by atoms with Gasteiger partial charge in [-0.1, -0.05) is 0 Å². The highest BCUT2D eigenvalue weighted by Gasteiger charge is 2.52. The Morgan fingerprint density at radius 3 is 2.69 bits per heavy atom. The summed E-state index contributed by atoms with van der Waals surface area (Å²) in [5, 5.41) is 9.11. The number of carbonyl (C=O) groups excluding carboxylic acids is 1. The molecule has 92 valence electrons. The minimum absolute atomic E-state index is 0.213. The molecule has 0 unspecified atom stereocenters. The van der Waals surface area contributed by atoms with E-state index in [4.69, 9.17) is 9.84 Å². The van der Waals surface area contributed by atoms with Gasteiger partial charge in [0, 0.05) is 19.7 Å². The van der Waals surface area contributed by atoms with Crippen LogP contribution < -0.4 is 0 Å². The molecule has 1 saturated heterocycles. The average Bonchev–Trinajstić information content (AvgIpc) is 2.86. The lowest BCUT2D eigenvalue weighted by atomic mass is 10.1. The van der Waals surface area contributed by atoms with E-state index in [1.54, 1.807) is 4.90 Å². The summed E-state index contributed by atoms with van der Waals surface area (Å²) in [6, 6.07) is 0. The Kier molecular flexibility index (Phi) is 2.86. The highest BCUT2D eigenvalue weighted by molar-refractivity contribution is 5.68. The van der Waals surface area contributed by atoms with Crippen molar-refractivity contribution in [1.29, 1.82) is 0 Å². The molecule has 1 saturated carbocycles. The topological polar surface area (TPSA) is 49.8 Å². The molecule has 1 heterocycles. The van der Waals surface area contributed by atoms with Gasteiger partial charge in [-0.2, -0.15) is 0 Å². The van der Waals surface area contributed by atoms with E-state index in [1.165, 1.54) is 0 Å². The molecule has 1 N–H and O–H groups in total. The van der Waals surface area contributed by atoms with Crippen LogP contribution in [0.4, 0.5) is 4.79 Å². The third-order valence-corrected chi connectivity index (χ3v) is 3.54. The molecule has 0 aromatic heterocycles. The molecule has 16 heavy (non-hydrogen) atoms. The number of ether oxygens (including phenoxy) is 1. The van der Waals surface area contributed by atoms with Gasteiger partial charge in [-0.3, -0.25) is 0 Å². The first-order valence-corrected chi connectivity index (χ1v) is 6.01. The smallest absolute Gasteiger partial charge is 0.410 e. The number of fused-ring (bicyclic) bond motifs is 1. The van der Waals surface area contributed by atoms with Crippen molar-refractivity contribution in [3.8, 4) is 0 Å². The molecule has 1 amide bonds. The molecule has 1 aliphatic carbocycles. The van der Waals surface area contributed by atoms with Gasteiger partial charge >= 0.3 is 6.09 Å². The van der Waals surface area contributed by atoms with Crippen molar-refractivity contribution < 1.29 is 14.6 Å². The standard InChI is InChI=1S/C12H21NO3/c1-12(2,3)16-11(15)13-5-4-8-9(6-13)10(8)7-14/h8-10,14H,4-7H2,1-3H3/t8-,9+,10+/m0/s1. The minimum Gasteiger partial charge on any atom is -0.444 e. The van der Waals surface area contributed by atoms with E-state index in [0.29, 0.717) is 17.8 Å². The Balaban J connectivity index is 1.86. The van der Waals surface area contributed by atoms with Crippen LogP contribution in [0.25, 0.3) is 0 Å². The van der Waals surface area contributed by atoms with Gasteiger partial charge in [-0.15, -0.1) is 0 Å². The molecule has 2 rings (SSSR count). The fourth-order valence-electron chi connectivity index (χ4n) is 2.64. The van der Waals surface area contributed by atoms with Gasteiger partial charge in [0.15, 0.2) is 0 Å². The highest BCUT2D eigenvalue weighted by atomic mass is 16.6. The molecule has 3 atom stereocenters. The van der Waals surface area contributed by atoms with Crippen molar-refractivity contribution in [2.75, 3.05) is 19.7 Å². The van der Waals surface area contributed by atoms with Crippen molar-refractivity contribution in [2.24, 2.45) is 17.8 Å². The SMILES string of the molecule is CC(C)(C)OC(=O)N1CC[C@@H]2[C@@H](CO)[C@@H]2C1. The van der Waals surface area contributed by atoms with Crippen molar-refractivity contribution >= 4 is 6.09 Å². The van der Waals surface area contributed by atoms with Crippen LogP contribution in [0.1, 0.15) is 27.2 Å². The third kappa shape index (κ3) is 2.32. The number of carbonyl (C=O) groups is 1.